The summed E-state index contributed by atoms with van der Waals surface area (Å²) >= 11 is 0. The highest BCUT2D eigenvalue weighted by Gasteiger charge is 2.40. The van der Waals surface area contributed by atoms with Gasteiger partial charge in [0.2, 0.25) is 5.91 Å². The number of hydrogen-bond acceptors (Lipinski definition) is 2. The number of likely N-dealkylation sites (tertiary alicyclic amines) is 2. The van der Waals surface area contributed by atoms with Crippen LogP contribution >= 0.6 is 0 Å². The highest BCUT2D eigenvalue weighted by molar-refractivity contribution is 5.82. The molecule has 3 rings (SSSR count). The zero-order valence-electron chi connectivity index (χ0n) is 15.3. The molecular formula is C20H34N2O. The largest absolute Gasteiger partial charge is 0.336 e. The molecule has 3 aliphatic rings. The topological polar surface area (TPSA) is 23.6 Å². The predicted octanol–water partition coefficient (Wildman–Crippen LogP) is 3.99. The van der Waals surface area contributed by atoms with E-state index in [-0.39, 0.29) is 6.04 Å². The lowest BCUT2D eigenvalue weighted by Gasteiger charge is -2.48. The van der Waals surface area contributed by atoms with E-state index in [0.717, 1.165) is 25.9 Å². The van der Waals surface area contributed by atoms with Crippen molar-refractivity contribution in [3.8, 4) is 0 Å². The summed E-state index contributed by atoms with van der Waals surface area (Å²) in [6.07, 6.45) is 14.6. The molecule has 0 radical (unpaired) electrons. The van der Waals surface area contributed by atoms with Crippen molar-refractivity contribution in [1.82, 2.24) is 9.80 Å². The molecule has 0 bridgehead atoms. The van der Waals surface area contributed by atoms with Gasteiger partial charge in [-0.15, -0.1) is 0 Å². The molecule has 1 spiro atoms. The van der Waals surface area contributed by atoms with E-state index < -0.39 is 0 Å². The maximum Gasteiger partial charge on any atom is 0.240 e. The van der Waals surface area contributed by atoms with Crippen molar-refractivity contribution in [1.29, 1.82) is 0 Å². The zero-order valence-corrected chi connectivity index (χ0v) is 15.3. The molecule has 0 N–H and O–H groups in total. The summed E-state index contributed by atoms with van der Waals surface area (Å²) in [6, 6.07) is 0.858. The zero-order chi connectivity index (χ0) is 16.4. The summed E-state index contributed by atoms with van der Waals surface area (Å²) in [4.78, 5) is 17.8. The third kappa shape index (κ3) is 3.50. The fraction of sp³-hybridized carbons (Fsp3) is 0.850. The average molecular weight is 319 g/mol. The van der Waals surface area contributed by atoms with Gasteiger partial charge in [-0.3, -0.25) is 9.69 Å². The minimum Gasteiger partial charge on any atom is -0.336 e. The monoisotopic (exact) mass is 318 g/mol. The normalized spacial score (nSPS) is 37.1. The Labute approximate surface area is 142 Å². The Balaban J connectivity index is 1.68. The lowest BCUT2D eigenvalue weighted by atomic mass is 9.71. The lowest BCUT2D eigenvalue weighted by Crippen LogP contribution is -2.57. The van der Waals surface area contributed by atoms with Crippen LogP contribution in [0.4, 0.5) is 0 Å². The van der Waals surface area contributed by atoms with Crippen molar-refractivity contribution in [2.45, 2.75) is 90.3 Å². The summed E-state index contributed by atoms with van der Waals surface area (Å²) < 4.78 is 0. The van der Waals surface area contributed by atoms with Gasteiger partial charge in [0.1, 0.15) is 0 Å². The molecule has 2 saturated heterocycles. The molecule has 1 amide bonds. The Hall–Kier alpha value is -0.830. The Morgan fingerprint density at radius 3 is 2.52 bits per heavy atom. The van der Waals surface area contributed by atoms with E-state index >= 15 is 0 Å². The highest BCUT2D eigenvalue weighted by Crippen LogP contribution is 2.41. The Kier molecular flexibility index (Phi) is 5.15. The van der Waals surface area contributed by atoms with Gasteiger partial charge in [-0.25, -0.2) is 0 Å². The average Bonchev–Trinajstić information content (AvgIpc) is 2.54. The first-order valence-electron chi connectivity index (χ1n) is 9.74. The quantitative estimate of drug-likeness (QED) is 0.719. The van der Waals surface area contributed by atoms with Crippen LogP contribution in [0, 0.1) is 5.41 Å². The SMILES string of the molecule is CC(C(=O)N1C(C)CCCC1C)N1CCCC2(CC=CCC2)C1. The van der Waals surface area contributed by atoms with E-state index in [1.54, 1.807) is 0 Å². The number of carbonyl (C=O) groups is 1. The van der Waals surface area contributed by atoms with E-state index in [0.29, 0.717) is 23.4 Å². The number of nitrogens with zero attached hydrogens (tertiary/aromatic N) is 2. The predicted molar refractivity (Wildman–Crippen MR) is 95.3 cm³/mol. The smallest absolute Gasteiger partial charge is 0.240 e. The van der Waals surface area contributed by atoms with Crippen LogP contribution in [0.15, 0.2) is 12.2 Å². The molecule has 0 aromatic carbocycles. The van der Waals surface area contributed by atoms with Crippen LogP contribution < -0.4 is 0 Å². The van der Waals surface area contributed by atoms with Crippen LogP contribution in [-0.2, 0) is 4.79 Å². The molecule has 0 aromatic rings. The van der Waals surface area contributed by atoms with Crippen molar-refractivity contribution in [2.24, 2.45) is 5.41 Å². The Morgan fingerprint density at radius 2 is 1.87 bits per heavy atom. The second kappa shape index (κ2) is 6.96. The van der Waals surface area contributed by atoms with E-state index in [2.05, 4.69) is 42.7 Å². The molecule has 3 nitrogen and oxygen atoms in total. The molecule has 1 aliphatic carbocycles. The summed E-state index contributed by atoms with van der Waals surface area (Å²) in [5.41, 5.74) is 0.445. The van der Waals surface area contributed by atoms with Crippen LogP contribution in [0.5, 0.6) is 0 Å². The number of allylic oxidation sites excluding steroid dienone is 2. The number of carbonyl (C=O) groups excluding carboxylic acids is 1. The molecule has 0 aromatic heterocycles. The molecule has 2 fully saturated rings. The number of amides is 1. The molecule has 0 saturated carbocycles. The van der Waals surface area contributed by atoms with Gasteiger partial charge in [-0.2, -0.15) is 0 Å². The van der Waals surface area contributed by atoms with E-state index in [9.17, 15) is 4.79 Å². The van der Waals surface area contributed by atoms with Crippen LogP contribution in [0.1, 0.15) is 72.1 Å². The van der Waals surface area contributed by atoms with Gasteiger partial charge in [0.05, 0.1) is 6.04 Å². The Bertz CT molecular complexity index is 451. The molecule has 130 valence electrons. The van der Waals surface area contributed by atoms with Crippen molar-refractivity contribution in [3.63, 3.8) is 0 Å². The number of hydrogen-bond donors (Lipinski definition) is 0. The standard InChI is InChI=1S/C20H34N2O/c1-16-9-7-10-17(2)22(16)19(23)18(3)21-14-8-13-20(15-21)11-5-4-6-12-20/h4-5,16-18H,6-15H2,1-3H3. The maximum absolute atomic E-state index is 13.2. The summed E-state index contributed by atoms with van der Waals surface area (Å²) in [6.45, 7) is 8.80. The van der Waals surface area contributed by atoms with Gasteiger partial charge >= 0.3 is 0 Å². The minimum absolute atomic E-state index is 0.0427. The molecule has 2 aliphatic heterocycles. The van der Waals surface area contributed by atoms with Crippen molar-refractivity contribution >= 4 is 5.91 Å². The third-order valence-electron chi connectivity index (χ3n) is 6.60. The van der Waals surface area contributed by atoms with Crippen molar-refractivity contribution < 1.29 is 4.79 Å². The Morgan fingerprint density at radius 1 is 1.13 bits per heavy atom. The first-order valence-corrected chi connectivity index (χ1v) is 9.74. The number of rotatable bonds is 2. The van der Waals surface area contributed by atoms with Gasteiger partial charge in [0.25, 0.3) is 0 Å². The lowest BCUT2D eigenvalue weighted by molar-refractivity contribution is -0.144. The molecule has 4 atom stereocenters. The van der Waals surface area contributed by atoms with E-state index in [1.807, 2.05) is 0 Å². The first kappa shape index (κ1) is 17.0. The van der Waals surface area contributed by atoms with E-state index in [4.69, 9.17) is 0 Å². The summed E-state index contributed by atoms with van der Waals surface area (Å²) in [5, 5.41) is 0. The van der Waals surface area contributed by atoms with Gasteiger partial charge in [-0.05, 0) is 84.1 Å². The molecule has 4 unspecified atom stereocenters. The molecule has 2 heterocycles. The van der Waals surface area contributed by atoms with E-state index in [1.165, 1.54) is 38.5 Å². The minimum atomic E-state index is 0.0427. The summed E-state index contributed by atoms with van der Waals surface area (Å²) in [5.74, 6) is 0.369. The molecular weight excluding hydrogens is 284 g/mol. The summed E-state index contributed by atoms with van der Waals surface area (Å²) in [7, 11) is 0. The second-order valence-corrected chi connectivity index (χ2v) is 8.34. The number of piperidine rings is 2. The third-order valence-corrected chi connectivity index (χ3v) is 6.60. The molecule has 3 heteroatoms. The van der Waals surface area contributed by atoms with Crippen LogP contribution in [-0.4, -0.2) is 46.9 Å². The van der Waals surface area contributed by atoms with Gasteiger partial charge in [-0.1, -0.05) is 12.2 Å². The fourth-order valence-electron chi connectivity index (χ4n) is 5.12. The van der Waals surface area contributed by atoms with Crippen LogP contribution in [0.2, 0.25) is 0 Å². The second-order valence-electron chi connectivity index (χ2n) is 8.34. The van der Waals surface area contributed by atoms with Crippen LogP contribution in [0.25, 0.3) is 0 Å². The highest BCUT2D eigenvalue weighted by atomic mass is 16.2. The van der Waals surface area contributed by atoms with Gasteiger partial charge in [0.15, 0.2) is 0 Å². The molecule has 23 heavy (non-hydrogen) atoms. The van der Waals surface area contributed by atoms with Crippen molar-refractivity contribution in [3.05, 3.63) is 12.2 Å². The fourth-order valence-corrected chi connectivity index (χ4v) is 5.12. The first-order chi connectivity index (χ1) is 11.0. The maximum atomic E-state index is 13.2. The van der Waals surface area contributed by atoms with Gasteiger partial charge < -0.3 is 4.90 Å². The van der Waals surface area contributed by atoms with Crippen LogP contribution in [0.3, 0.4) is 0 Å². The van der Waals surface area contributed by atoms with Gasteiger partial charge in [0, 0.05) is 18.6 Å². The van der Waals surface area contributed by atoms with Crippen molar-refractivity contribution in [2.75, 3.05) is 13.1 Å².